The second-order valence-electron chi connectivity index (χ2n) is 16.8. The molecule has 5 atom stereocenters. The monoisotopic (exact) mass is 710 g/mol. The van der Waals surface area contributed by atoms with Crippen molar-refractivity contribution in [2.45, 2.75) is 88.9 Å². The number of aliphatic hydroxyl groups excluding tert-OH is 1. The molecule has 2 N–H and O–H groups in total. The Morgan fingerprint density at radius 1 is 0.941 bits per heavy atom. The average molecular weight is 711 g/mol. The summed E-state index contributed by atoms with van der Waals surface area (Å²) in [6.07, 6.45) is 8.50. The fourth-order valence-corrected chi connectivity index (χ4v) is 11.4. The van der Waals surface area contributed by atoms with Crippen molar-refractivity contribution in [2.75, 3.05) is 33.2 Å². The highest BCUT2D eigenvalue weighted by Gasteiger charge is 2.62. The second-order valence-corrected chi connectivity index (χ2v) is 17.2. The van der Waals surface area contributed by atoms with Gasteiger partial charge in [-0.25, -0.2) is 0 Å². The van der Waals surface area contributed by atoms with E-state index in [0.29, 0.717) is 23.4 Å². The number of aliphatic hydroxyl groups is 1. The molecule has 8 nitrogen and oxygen atoms in total. The van der Waals surface area contributed by atoms with Gasteiger partial charge in [-0.05, 0) is 110 Å². The molecule has 270 valence electrons. The molecule has 0 radical (unpaired) electrons. The first kappa shape index (κ1) is 34.6. The van der Waals surface area contributed by atoms with E-state index >= 15 is 0 Å². The fourth-order valence-electron chi connectivity index (χ4n) is 11.2. The van der Waals surface area contributed by atoms with Crippen LogP contribution in [0.4, 0.5) is 0 Å². The van der Waals surface area contributed by atoms with Crippen LogP contribution in [-0.4, -0.2) is 88.9 Å². The van der Waals surface area contributed by atoms with Crippen molar-refractivity contribution in [3.05, 3.63) is 82.9 Å². The van der Waals surface area contributed by atoms with E-state index in [4.69, 9.17) is 11.6 Å². The molecule has 0 aromatic heterocycles. The van der Waals surface area contributed by atoms with Crippen molar-refractivity contribution in [3.8, 4) is 0 Å². The molecule has 9 rings (SSSR count). The average Bonchev–Trinajstić information content (AvgIpc) is 3.76. The van der Waals surface area contributed by atoms with Crippen LogP contribution in [0.15, 0.2) is 66.7 Å². The van der Waals surface area contributed by atoms with Gasteiger partial charge in [0.05, 0.1) is 11.5 Å². The largest absolute Gasteiger partial charge is 0.391 e. The Labute approximate surface area is 306 Å². The number of nitrogens with one attached hydrogen (secondary N) is 1. The molecule has 3 amide bonds. The number of β-amino-alcohol motifs (C(OH)–C–C–N with tert-alkyl or cyclic N) is 1. The minimum atomic E-state index is -0.871. The van der Waals surface area contributed by atoms with Gasteiger partial charge in [0.1, 0.15) is 12.1 Å². The zero-order valence-electron chi connectivity index (χ0n) is 29.7. The van der Waals surface area contributed by atoms with E-state index < -0.39 is 23.6 Å². The Morgan fingerprint density at radius 2 is 1.65 bits per heavy atom. The summed E-state index contributed by atoms with van der Waals surface area (Å²) >= 11 is 6.46. The van der Waals surface area contributed by atoms with E-state index in [1.165, 1.54) is 32.1 Å². The zero-order chi connectivity index (χ0) is 35.3. The van der Waals surface area contributed by atoms with Gasteiger partial charge in [0, 0.05) is 44.5 Å². The van der Waals surface area contributed by atoms with Gasteiger partial charge in [-0.2, -0.15) is 0 Å². The Balaban J connectivity index is 1.03. The number of likely N-dealkylation sites (N-methyl/N-ethyl adjacent to an activating group) is 1. The molecule has 2 saturated heterocycles. The van der Waals surface area contributed by atoms with Crippen molar-refractivity contribution in [1.82, 2.24) is 20.0 Å². The minimum absolute atomic E-state index is 0.0485. The molecule has 6 aliphatic rings. The molecule has 6 fully saturated rings. The van der Waals surface area contributed by atoms with E-state index in [0.717, 1.165) is 60.8 Å². The SMILES string of the molecule is CN(Cc1ccccc1Cl)C(=O)C(Cc1ccc2ccccc2c1)NC(=O)C1CC(O)CN1C(=O)C12CC3CC(CC(CN4CCCC4)(C3)C1)C2. The maximum absolute atomic E-state index is 14.9. The quantitative estimate of drug-likeness (QED) is 0.277. The summed E-state index contributed by atoms with van der Waals surface area (Å²) in [7, 11) is 1.73. The first-order valence-corrected chi connectivity index (χ1v) is 19.4. The number of fused-ring (bicyclic) bond motifs is 1. The van der Waals surface area contributed by atoms with Crippen LogP contribution in [0.25, 0.3) is 10.8 Å². The lowest BCUT2D eigenvalue weighted by Crippen LogP contribution is -2.62. The number of hydrogen-bond acceptors (Lipinski definition) is 5. The van der Waals surface area contributed by atoms with Crippen molar-refractivity contribution in [3.63, 3.8) is 0 Å². The normalized spacial score (nSPS) is 30.5. The topological polar surface area (TPSA) is 93.2 Å². The van der Waals surface area contributed by atoms with Gasteiger partial charge in [0.15, 0.2) is 0 Å². The van der Waals surface area contributed by atoms with Crippen molar-refractivity contribution in [1.29, 1.82) is 0 Å². The Morgan fingerprint density at radius 3 is 2.39 bits per heavy atom. The van der Waals surface area contributed by atoms with Crippen LogP contribution in [0.2, 0.25) is 5.02 Å². The van der Waals surface area contributed by atoms with E-state index in [1.807, 2.05) is 48.5 Å². The molecule has 2 heterocycles. The molecule has 3 aromatic rings. The third-order valence-corrected chi connectivity index (χ3v) is 13.2. The van der Waals surface area contributed by atoms with Gasteiger partial charge in [-0.1, -0.05) is 72.3 Å². The summed E-state index contributed by atoms with van der Waals surface area (Å²) in [5.74, 6) is 0.539. The molecule has 9 heteroatoms. The molecule has 51 heavy (non-hydrogen) atoms. The number of likely N-dealkylation sites (tertiary alicyclic amines) is 2. The van der Waals surface area contributed by atoms with Crippen LogP contribution in [0.3, 0.4) is 0 Å². The standard InChI is InChI=1S/C42H51ClN4O4/c1-45(24-33-10-4-5-11-35(33)43)39(50)36(18-28-12-13-31-8-2-3-9-32(31)17-28)44-38(49)37-19-34(48)25-47(37)40(51)42-22-29-16-30(23-42)21-41(20-29,26-42)27-46-14-6-7-15-46/h2-5,8-13,17,29-30,34,36-37,48H,6-7,14-16,18-27H2,1H3,(H,44,49). The van der Waals surface area contributed by atoms with Gasteiger partial charge in [0.25, 0.3) is 0 Å². The number of hydrogen-bond donors (Lipinski definition) is 2. The number of halogens is 1. The lowest BCUT2D eigenvalue weighted by Gasteiger charge is -2.62. The molecule has 4 bridgehead atoms. The molecule has 3 aromatic carbocycles. The predicted molar refractivity (Wildman–Crippen MR) is 199 cm³/mol. The molecule has 4 aliphatic carbocycles. The lowest BCUT2D eigenvalue weighted by atomic mass is 9.43. The third-order valence-electron chi connectivity index (χ3n) is 12.8. The number of benzene rings is 3. The smallest absolute Gasteiger partial charge is 0.245 e. The molecule has 2 aliphatic heterocycles. The Bertz CT molecular complexity index is 1790. The second kappa shape index (κ2) is 13.8. The van der Waals surface area contributed by atoms with Crippen LogP contribution in [-0.2, 0) is 27.3 Å². The highest BCUT2D eigenvalue weighted by molar-refractivity contribution is 6.31. The number of nitrogens with zero attached hydrogens (tertiary/aromatic N) is 3. The summed E-state index contributed by atoms with van der Waals surface area (Å²) in [4.78, 5) is 49.3. The van der Waals surface area contributed by atoms with Crippen LogP contribution in [0, 0.1) is 22.7 Å². The summed E-state index contributed by atoms with van der Waals surface area (Å²) in [6, 6.07) is 19.9. The predicted octanol–water partition coefficient (Wildman–Crippen LogP) is 5.82. The maximum Gasteiger partial charge on any atom is 0.245 e. The van der Waals surface area contributed by atoms with E-state index in [-0.39, 0.29) is 42.5 Å². The van der Waals surface area contributed by atoms with Gasteiger partial charge in [0.2, 0.25) is 17.7 Å². The molecule has 5 unspecified atom stereocenters. The van der Waals surface area contributed by atoms with Gasteiger partial charge in [-0.15, -0.1) is 0 Å². The highest BCUT2D eigenvalue weighted by Crippen LogP contribution is 2.66. The summed E-state index contributed by atoms with van der Waals surface area (Å²) < 4.78 is 0. The highest BCUT2D eigenvalue weighted by atomic mass is 35.5. The van der Waals surface area contributed by atoms with Gasteiger partial charge in [-0.3, -0.25) is 14.4 Å². The van der Waals surface area contributed by atoms with Crippen molar-refractivity contribution < 1.29 is 19.5 Å². The van der Waals surface area contributed by atoms with Crippen LogP contribution >= 0.6 is 11.6 Å². The molecular formula is C42H51ClN4O4. The van der Waals surface area contributed by atoms with Crippen LogP contribution < -0.4 is 5.32 Å². The first-order chi connectivity index (χ1) is 24.6. The molecule has 0 spiro atoms. The number of amides is 3. The summed E-state index contributed by atoms with van der Waals surface area (Å²) in [5.41, 5.74) is 1.44. The van der Waals surface area contributed by atoms with Crippen LogP contribution in [0.5, 0.6) is 0 Å². The molecular weight excluding hydrogens is 660 g/mol. The third kappa shape index (κ3) is 6.92. The number of carbonyl (C=O) groups is 3. The van der Waals surface area contributed by atoms with E-state index in [1.54, 1.807) is 22.9 Å². The van der Waals surface area contributed by atoms with E-state index in [2.05, 4.69) is 22.3 Å². The van der Waals surface area contributed by atoms with E-state index in [9.17, 15) is 19.5 Å². The Kier molecular flexibility index (Phi) is 9.39. The summed E-state index contributed by atoms with van der Waals surface area (Å²) in [5, 5.41) is 16.8. The number of rotatable bonds is 10. The molecule has 4 saturated carbocycles. The maximum atomic E-state index is 14.9. The lowest BCUT2D eigenvalue weighted by molar-refractivity contribution is -0.172. The van der Waals surface area contributed by atoms with Gasteiger partial charge < -0.3 is 25.1 Å². The minimum Gasteiger partial charge on any atom is -0.391 e. The summed E-state index contributed by atoms with van der Waals surface area (Å²) in [6.45, 7) is 3.85. The fraction of sp³-hybridized carbons (Fsp3) is 0.548. The number of carbonyl (C=O) groups excluding carboxylic acids is 3. The Hall–Kier alpha value is -3.46. The van der Waals surface area contributed by atoms with Crippen molar-refractivity contribution in [2.24, 2.45) is 22.7 Å². The van der Waals surface area contributed by atoms with Crippen LogP contribution in [0.1, 0.15) is 68.9 Å². The van der Waals surface area contributed by atoms with Gasteiger partial charge >= 0.3 is 0 Å². The van der Waals surface area contributed by atoms with Crippen molar-refractivity contribution >= 4 is 40.1 Å². The first-order valence-electron chi connectivity index (χ1n) is 19.1. The zero-order valence-corrected chi connectivity index (χ0v) is 30.5.